The van der Waals surface area contributed by atoms with Gasteiger partial charge in [-0.05, 0) is 42.5 Å². The maximum absolute atomic E-state index is 12.4. The van der Waals surface area contributed by atoms with Crippen LogP contribution in [0.25, 0.3) is 10.2 Å². The molecule has 0 radical (unpaired) electrons. The van der Waals surface area contributed by atoms with Crippen LogP contribution in [0.15, 0.2) is 52.3 Å². The molecule has 3 aromatic rings. The quantitative estimate of drug-likeness (QED) is 0.614. The summed E-state index contributed by atoms with van der Waals surface area (Å²) in [7, 11) is -4.00. The number of carbonyl (C=O) groups is 1. The molecule has 0 atom stereocenters. The second kappa shape index (κ2) is 7.82. The van der Waals surface area contributed by atoms with E-state index >= 15 is 0 Å². The molecule has 0 bridgehead atoms. The van der Waals surface area contributed by atoms with Crippen LogP contribution < -0.4 is 5.32 Å². The van der Waals surface area contributed by atoms with Gasteiger partial charge in [0.05, 0.1) is 25.8 Å². The number of thiazole rings is 1. The summed E-state index contributed by atoms with van der Waals surface area (Å²) in [5, 5.41) is 2.97. The van der Waals surface area contributed by atoms with Crippen LogP contribution in [0.5, 0.6) is 0 Å². The van der Waals surface area contributed by atoms with Crippen LogP contribution in [-0.2, 0) is 19.9 Å². The van der Waals surface area contributed by atoms with Crippen molar-refractivity contribution in [3.63, 3.8) is 0 Å². The van der Waals surface area contributed by atoms with Gasteiger partial charge in [0, 0.05) is 19.7 Å². The van der Waals surface area contributed by atoms with Gasteiger partial charge in [0.15, 0.2) is 15.0 Å². The number of rotatable bonds is 6. The molecule has 0 aliphatic heterocycles. The second-order valence-corrected chi connectivity index (χ2v) is 11.8. The lowest BCUT2D eigenvalue weighted by molar-refractivity contribution is 0.102. The normalized spacial score (nSPS) is 12.4. The van der Waals surface area contributed by atoms with Crippen LogP contribution in [0.2, 0.25) is 0 Å². The third-order valence-electron chi connectivity index (χ3n) is 4.21. The molecule has 1 aromatic heterocycles. The summed E-state index contributed by atoms with van der Waals surface area (Å²) in [4.78, 5) is 17.0. The van der Waals surface area contributed by atoms with E-state index in [9.17, 15) is 21.6 Å². The first-order chi connectivity index (χ1) is 13.5. The van der Waals surface area contributed by atoms with Crippen molar-refractivity contribution >= 4 is 52.5 Å². The number of hydrogen-bond acceptors (Lipinski definition) is 7. The van der Waals surface area contributed by atoms with E-state index < -0.39 is 25.8 Å². The first-order valence-electron chi connectivity index (χ1n) is 8.52. The summed E-state index contributed by atoms with van der Waals surface area (Å²) in [6.45, 7) is 1.55. The van der Waals surface area contributed by atoms with Crippen molar-refractivity contribution in [3.05, 3.63) is 48.0 Å². The summed E-state index contributed by atoms with van der Waals surface area (Å²) in [5.74, 6) is -0.457. The van der Waals surface area contributed by atoms with Crippen molar-refractivity contribution in [1.29, 1.82) is 0 Å². The Morgan fingerprint density at radius 3 is 2.24 bits per heavy atom. The molecule has 3 rings (SSSR count). The Morgan fingerprint density at radius 1 is 1.03 bits per heavy atom. The number of anilines is 1. The van der Waals surface area contributed by atoms with Crippen molar-refractivity contribution in [2.24, 2.45) is 0 Å². The summed E-state index contributed by atoms with van der Waals surface area (Å²) in [5.41, 5.74) is 0.850. The van der Waals surface area contributed by atoms with Crippen LogP contribution >= 0.6 is 11.3 Å². The molecule has 1 heterocycles. The number of carbonyl (C=O) groups excluding carboxylic acids is 1. The fraction of sp³-hybridized carbons (Fsp3) is 0.222. The first kappa shape index (κ1) is 21.4. The molecular formula is C18H19N3O5S3. The van der Waals surface area contributed by atoms with Gasteiger partial charge in [-0.15, -0.1) is 0 Å². The molecule has 0 fully saturated rings. The van der Waals surface area contributed by atoms with Crippen LogP contribution in [0, 0.1) is 0 Å². The van der Waals surface area contributed by atoms with E-state index in [4.69, 9.17) is 0 Å². The van der Waals surface area contributed by atoms with Gasteiger partial charge >= 0.3 is 0 Å². The third kappa shape index (κ3) is 4.32. The highest BCUT2D eigenvalue weighted by molar-refractivity contribution is 7.91. The monoisotopic (exact) mass is 453 g/mol. The standard InChI is InChI=1S/C18H19N3O5S3/c1-4-28(23,24)13-7-5-12(6-8-13)17(22)20-18-19-15-10-9-14(11-16(15)27-18)29(25,26)21(2)3/h5-11H,4H2,1-3H3,(H,19,20,22). The van der Waals surface area contributed by atoms with E-state index in [1.165, 1.54) is 50.5 Å². The zero-order valence-corrected chi connectivity index (χ0v) is 18.4. The molecule has 11 heteroatoms. The number of sulfonamides is 1. The number of fused-ring (bicyclic) bond motifs is 1. The maximum atomic E-state index is 12.4. The fourth-order valence-corrected chi connectivity index (χ4v) is 5.27. The third-order valence-corrected chi connectivity index (χ3v) is 8.71. The lowest BCUT2D eigenvalue weighted by Crippen LogP contribution is -2.22. The van der Waals surface area contributed by atoms with Crippen molar-refractivity contribution in [2.45, 2.75) is 16.7 Å². The van der Waals surface area contributed by atoms with Crippen molar-refractivity contribution in [1.82, 2.24) is 9.29 Å². The second-order valence-electron chi connectivity index (χ2n) is 6.32. The van der Waals surface area contributed by atoms with Crippen molar-refractivity contribution in [2.75, 3.05) is 25.2 Å². The molecular weight excluding hydrogens is 434 g/mol. The average molecular weight is 454 g/mol. The number of hydrogen-bond donors (Lipinski definition) is 1. The molecule has 1 N–H and O–H groups in total. The lowest BCUT2D eigenvalue weighted by Gasteiger charge is -2.10. The Kier molecular flexibility index (Phi) is 5.77. The molecule has 154 valence electrons. The SMILES string of the molecule is CCS(=O)(=O)c1ccc(C(=O)Nc2nc3ccc(S(=O)(=O)N(C)C)cc3s2)cc1. The number of amides is 1. The Hall–Kier alpha value is -2.34. The molecule has 2 aromatic carbocycles. The van der Waals surface area contributed by atoms with Crippen LogP contribution in [0.4, 0.5) is 5.13 Å². The van der Waals surface area contributed by atoms with Crippen LogP contribution in [0.3, 0.4) is 0 Å². The highest BCUT2D eigenvalue weighted by Crippen LogP contribution is 2.29. The van der Waals surface area contributed by atoms with E-state index in [2.05, 4.69) is 10.3 Å². The molecule has 8 nitrogen and oxygen atoms in total. The van der Waals surface area contributed by atoms with E-state index in [1.54, 1.807) is 13.0 Å². The molecule has 0 saturated carbocycles. The first-order valence-corrected chi connectivity index (χ1v) is 12.4. The van der Waals surface area contributed by atoms with Gasteiger partial charge in [0.1, 0.15) is 0 Å². The summed E-state index contributed by atoms with van der Waals surface area (Å²) >= 11 is 1.15. The zero-order valence-electron chi connectivity index (χ0n) is 15.9. The Morgan fingerprint density at radius 2 is 1.66 bits per heavy atom. The molecule has 0 saturated heterocycles. The van der Waals surface area contributed by atoms with Gasteiger partial charge < -0.3 is 0 Å². The highest BCUT2D eigenvalue weighted by atomic mass is 32.2. The number of sulfone groups is 1. The van der Waals surface area contributed by atoms with Gasteiger partial charge in [-0.2, -0.15) is 0 Å². The molecule has 1 amide bonds. The molecule has 0 unspecified atom stereocenters. The van der Waals surface area contributed by atoms with Gasteiger partial charge in [0.25, 0.3) is 5.91 Å². The molecule has 0 spiro atoms. The Balaban J connectivity index is 1.84. The van der Waals surface area contributed by atoms with Crippen molar-refractivity contribution < 1.29 is 21.6 Å². The van der Waals surface area contributed by atoms with E-state index in [0.29, 0.717) is 15.3 Å². The van der Waals surface area contributed by atoms with E-state index in [1.807, 2.05) is 0 Å². The topological polar surface area (TPSA) is 114 Å². The molecule has 0 aliphatic carbocycles. The molecule has 29 heavy (non-hydrogen) atoms. The maximum Gasteiger partial charge on any atom is 0.257 e. The summed E-state index contributed by atoms with van der Waals surface area (Å²) in [6, 6.07) is 10.2. The number of benzene rings is 2. The van der Waals surface area contributed by atoms with Crippen LogP contribution in [0.1, 0.15) is 17.3 Å². The van der Waals surface area contributed by atoms with Gasteiger partial charge in [-0.25, -0.2) is 26.1 Å². The summed E-state index contributed by atoms with van der Waals surface area (Å²) < 4.78 is 50.0. The molecule has 0 aliphatic rings. The predicted octanol–water partition coefficient (Wildman–Crippen LogP) is 2.59. The van der Waals surface area contributed by atoms with Gasteiger partial charge in [0.2, 0.25) is 10.0 Å². The zero-order chi connectivity index (χ0) is 21.4. The number of nitrogens with zero attached hydrogens (tertiary/aromatic N) is 2. The number of nitrogens with one attached hydrogen (secondary N) is 1. The Bertz CT molecular complexity index is 1280. The largest absolute Gasteiger partial charge is 0.298 e. The van der Waals surface area contributed by atoms with E-state index in [-0.39, 0.29) is 21.1 Å². The van der Waals surface area contributed by atoms with Gasteiger partial charge in [-0.1, -0.05) is 18.3 Å². The van der Waals surface area contributed by atoms with Crippen LogP contribution in [-0.4, -0.2) is 51.9 Å². The smallest absolute Gasteiger partial charge is 0.257 e. The summed E-state index contributed by atoms with van der Waals surface area (Å²) in [6.07, 6.45) is 0. The van der Waals surface area contributed by atoms with Crippen molar-refractivity contribution in [3.8, 4) is 0 Å². The lowest BCUT2D eigenvalue weighted by atomic mass is 10.2. The minimum Gasteiger partial charge on any atom is -0.298 e. The highest BCUT2D eigenvalue weighted by Gasteiger charge is 2.19. The van der Waals surface area contributed by atoms with E-state index in [0.717, 1.165) is 15.6 Å². The average Bonchev–Trinajstić information content (AvgIpc) is 3.09. The fourth-order valence-electron chi connectivity index (χ4n) is 2.48. The van der Waals surface area contributed by atoms with Gasteiger partial charge in [-0.3, -0.25) is 10.1 Å². The number of aromatic nitrogens is 1. The Labute approximate surface area is 173 Å². The predicted molar refractivity (Wildman–Crippen MR) is 113 cm³/mol. The minimum atomic E-state index is -3.57. The minimum absolute atomic E-state index is 0.0181.